The van der Waals surface area contributed by atoms with Gasteiger partial charge in [0.05, 0.1) is 11.6 Å². The molecule has 2 aromatic carbocycles. The van der Waals surface area contributed by atoms with Crippen molar-refractivity contribution in [3.63, 3.8) is 0 Å². The summed E-state index contributed by atoms with van der Waals surface area (Å²) >= 11 is 0. The molecule has 0 aliphatic rings. The zero-order valence-electron chi connectivity index (χ0n) is 16.6. The summed E-state index contributed by atoms with van der Waals surface area (Å²) in [6.45, 7) is 5.13. The average molecular weight is 394 g/mol. The van der Waals surface area contributed by atoms with Crippen LogP contribution in [0.4, 0.5) is 4.39 Å². The first kappa shape index (κ1) is 20.3. The number of carbonyl (C=O) groups is 2. The van der Waals surface area contributed by atoms with Crippen molar-refractivity contribution in [1.82, 2.24) is 9.88 Å². The summed E-state index contributed by atoms with van der Waals surface area (Å²) in [7, 11) is 0. The van der Waals surface area contributed by atoms with E-state index in [-0.39, 0.29) is 24.4 Å². The number of benzene rings is 2. The third-order valence-electron chi connectivity index (χ3n) is 4.75. The van der Waals surface area contributed by atoms with E-state index < -0.39 is 5.97 Å². The predicted octanol–water partition coefficient (Wildman–Crippen LogP) is 4.27. The van der Waals surface area contributed by atoms with Gasteiger partial charge in [-0.05, 0) is 56.7 Å². The van der Waals surface area contributed by atoms with Crippen molar-refractivity contribution in [2.45, 2.75) is 26.8 Å². The highest BCUT2D eigenvalue weighted by atomic mass is 19.1. The average Bonchev–Trinajstić information content (AvgIpc) is 3.01. The van der Waals surface area contributed by atoms with Crippen LogP contribution in [0.15, 0.2) is 60.7 Å². The lowest BCUT2D eigenvalue weighted by atomic mass is 10.1. The van der Waals surface area contributed by atoms with E-state index in [1.54, 1.807) is 25.1 Å². The first-order valence-corrected chi connectivity index (χ1v) is 9.33. The number of halogens is 1. The van der Waals surface area contributed by atoms with E-state index in [1.807, 2.05) is 48.7 Å². The minimum absolute atomic E-state index is 0.189. The lowest BCUT2D eigenvalue weighted by molar-refractivity contribution is -0.124. The van der Waals surface area contributed by atoms with Gasteiger partial charge in [-0.25, -0.2) is 9.18 Å². The van der Waals surface area contributed by atoms with Crippen LogP contribution in [0.2, 0.25) is 0 Å². The molecule has 29 heavy (non-hydrogen) atoms. The topological polar surface area (TPSA) is 60.3 Å². The van der Waals surface area contributed by atoms with Crippen LogP contribution in [0.1, 0.15) is 40.3 Å². The lowest BCUT2D eigenvalue weighted by Gasteiger charge is -2.14. The van der Waals surface area contributed by atoms with Gasteiger partial charge in [-0.1, -0.05) is 30.3 Å². The molecule has 0 spiro atoms. The number of nitrogens with one attached hydrogen (secondary N) is 1. The molecule has 0 radical (unpaired) electrons. The highest BCUT2D eigenvalue weighted by Gasteiger charge is 2.19. The molecule has 1 unspecified atom stereocenters. The largest absolute Gasteiger partial charge is 0.452 e. The normalized spacial score (nSPS) is 11.7. The number of aromatic nitrogens is 1. The molecule has 5 nitrogen and oxygen atoms in total. The molecule has 0 fully saturated rings. The highest BCUT2D eigenvalue weighted by Crippen LogP contribution is 2.22. The Bertz CT molecular complexity index is 1010. The van der Waals surface area contributed by atoms with Crippen molar-refractivity contribution in [2.24, 2.45) is 0 Å². The Morgan fingerprint density at radius 1 is 1.07 bits per heavy atom. The first-order valence-electron chi connectivity index (χ1n) is 9.33. The van der Waals surface area contributed by atoms with Gasteiger partial charge in [0.25, 0.3) is 5.91 Å². The maximum atomic E-state index is 13.2. The first-order chi connectivity index (χ1) is 13.9. The van der Waals surface area contributed by atoms with Gasteiger partial charge < -0.3 is 14.6 Å². The smallest absolute Gasteiger partial charge is 0.340 e. The number of aryl methyl sites for hydroxylation is 1. The van der Waals surface area contributed by atoms with Crippen LogP contribution in [0, 0.1) is 19.7 Å². The van der Waals surface area contributed by atoms with Crippen LogP contribution in [-0.2, 0) is 9.53 Å². The molecule has 1 atom stereocenters. The molecular weight excluding hydrogens is 371 g/mol. The molecule has 1 aromatic heterocycles. The van der Waals surface area contributed by atoms with E-state index in [4.69, 9.17) is 4.74 Å². The molecule has 3 rings (SSSR count). The van der Waals surface area contributed by atoms with Gasteiger partial charge in [0.15, 0.2) is 6.61 Å². The van der Waals surface area contributed by atoms with Gasteiger partial charge in [-0.2, -0.15) is 0 Å². The van der Waals surface area contributed by atoms with Crippen LogP contribution in [-0.4, -0.2) is 23.1 Å². The fourth-order valence-corrected chi connectivity index (χ4v) is 3.27. The lowest BCUT2D eigenvalue weighted by Crippen LogP contribution is -2.31. The number of carbonyl (C=O) groups excluding carboxylic acids is 2. The van der Waals surface area contributed by atoms with Crippen LogP contribution < -0.4 is 5.32 Å². The molecule has 150 valence electrons. The summed E-state index contributed by atoms with van der Waals surface area (Å²) in [6, 6.07) is 17.1. The Kier molecular flexibility index (Phi) is 6.12. The zero-order chi connectivity index (χ0) is 21.0. The Morgan fingerprint density at radius 2 is 1.72 bits per heavy atom. The molecule has 1 N–H and O–H groups in total. The third-order valence-corrected chi connectivity index (χ3v) is 4.75. The van der Waals surface area contributed by atoms with Crippen molar-refractivity contribution in [1.29, 1.82) is 0 Å². The molecule has 1 amide bonds. The van der Waals surface area contributed by atoms with E-state index in [9.17, 15) is 14.0 Å². The molecule has 1 heterocycles. The minimum Gasteiger partial charge on any atom is -0.452 e. The summed E-state index contributed by atoms with van der Waals surface area (Å²) < 4.78 is 20.2. The van der Waals surface area contributed by atoms with Gasteiger partial charge in [0, 0.05) is 17.1 Å². The van der Waals surface area contributed by atoms with Crippen molar-refractivity contribution >= 4 is 11.9 Å². The highest BCUT2D eigenvalue weighted by molar-refractivity contribution is 5.93. The second-order valence-corrected chi connectivity index (χ2v) is 6.87. The van der Waals surface area contributed by atoms with E-state index in [0.717, 1.165) is 16.9 Å². The molecule has 3 aromatic rings. The SMILES string of the molecule is Cc1cc(C(=O)OCC(=O)NC(C)c2ccccc2)c(C)n1-c1ccc(F)cc1. The Morgan fingerprint density at radius 3 is 2.38 bits per heavy atom. The summed E-state index contributed by atoms with van der Waals surface area (Å²) in [6.07, 6.45) is 0. The van der Waals surface area contributed by atoms with E-state index in [0.29, 0.717) is 11.3 Å². The molecule has 0 bridgehead atoms. The molecular formula is C23H23FN2O3. The molecule has 0 aliphatic heterocycles. The maximum Gasteiger partial charge on any atom is 0.340 e. The number of nitrogens with zero attached hydrogens (tertiary/aromatic N) is 1. The third kappa shape index (κ3) is 4.71. The number of hydrogen-bond donors (Lipinski definition) is 1. The van der Waals surface area contributed by atoms with E-state index in [1.165, 1.54) is 12.1 Å². The number of esters is 1. The Labute approximate surface area is 169 Å². The summed E-state index contributed by atoms with van der Waals surface area (Å²) in [4.78, 5) is 24.6. The number of hydrogen-bond acceptors (Lipinski definition) is 3. The van der Waals surface area contributed by atoms with Crippen LogP contribution in [0.25, 0.3) is 5.69 Å². The van der Waals surface area contributed by atoms with Gasteiger partial charge >= 0.3 is 5.97 Å². The number of amides is 1. The second-order valence-electron chi connectivity index (χ2n) is 6.87. The standard InChI is InChI=1S/C23H23FN2O3/c1-15-13-21(17(3)26(15)20-11-9-19(24)10-12-20)23(28)29-14-22(27)25-16(2)18-7-5-4-6-8-18/h4-13,16H,14H2,1-3H3,(H,25,27). The molecule has 0 aliphatic carbocycles. The Hall–Kier alpha value is -3.41. The summed E-state index contributed by atoms with van der Waals surface area (Å²) in [5.41, 5.74) is 3.56. The minimum atomic E-state index is -0.575. The molecule has 0 saturated heterocycles. The van der Waals surface area contributed by atoms with E-state index in [2.05, 4.69) is 5.32 Å². The monoisotopic (exact) mass is 394 g/mol. The van der Waals surface area contributed by atoms with Crippen molar-refractivity contribution in [3.05, 3.63) is 89.0 Å². The number of rotatable bonds is 6. The fourth-order valence-electron chi connectivity index (χ4n) is 3.27. The summed E-state index contributed by atoms with van der Waals surface area (Å²) in [5, 5.41) is 2.81. The van der Waals surface area contributed by atoms with Crippen molar-refractivity contribution in [3.8, 4) is 5.69 Å². The fraction of sp³-hybridized carbons (Fsp3) is 0.217. The zero-order valence-corrected chi connectivity index (χ0v) is 16.6. The van der Waals surface area contributed by atoms with E-state index >= 15 is 0 Å². The summed E-state index contributed by atoms with van der Waals surface area (Å²) in [5.74, 6) is -1.28. The van der Waals surface area contributed by atoms with Gasteiger partial charge in [-0.15, -0.1) is 0 Å². The van der Waals surface area contributed by atoms with Crippen molar-refractivity contribution < 1.29 is 18.7 Å². The predicted molar refractivity (Wildman–Crippen MR) is 108 cm³/mol. The quantitative estimate of drug-likeness (QED) is 0.635. The van der Waals surface area contributed by atoms with Crippen LogP contribution >= 0.6 is 0 Å². The second kappa shape index (κ2) is 8.73. The number of ether oxygens (including phenoxy) is 1. The van der Waals surface area contributed by atoms with Crippen LogP contribution in [0.3, 0.4) is 0 Å². The van der Waals surface area contributed by atoms with Gasteiger partial charge in [0.2, 0.25) is 0 Å². The Balaban J connectivity index is 1.64. The van der Waals surface area contributed by atoms with Crippen LogP contribution in [0.5, 0.6) is 0 Å². The van der Waals surface area contributed by atoms with Crippen molar-refractivity contribution in [2.75, 3.05) is 6.61 Å². The van der Waals surface area contributed by atoms with Gasteiger partial charge in [0.1, 0.15) is 5.82 Å². The van der Waals surface area contributed by atoms with Gasteiger partial charge in [-0.3, -0.25) is 4.79 Å². The molecule has 0 saturated carbocycles. The maximum absolute atomic E-state index is 13.2. The molecule has 6 heteroatoms.